The summed E-state index contributed by atoms with van der Waals surface area (Å²) in [4.78, 5) is 0. The molecule has 0 saturated carbocycles. The number of nitrogens with one attached hydrogen (secondary N) is 1. The van der Waals surface area contributed by atoms with E-state index in [0.29, 0.717) is 0 Å². The maximum absolute atomic E-state index is 9.07. The fraction of sp³-hybridized carbons (Fsp3) is 0.455. The summed E-state index contributed by atoms with van der Waals surface area (Å²) >= 11 is 9.29. The van der Waals surface area contributed by atoms with E-state index in [-0.39, 0.29) is 6.10 Å². The molecule has 1 aromatic rings. The highest BCUT2D eigenvalue weighted by Gasteiger charge is 2.00. The van der Waals surface area contributed by atoms with E-state index >= 15 is 0 Å². The van der Waals surface area contributed by atoms with Crippen molar-refractivity contribution in [2.75, 3.05) is 6.54 Å². The van der Waals surface area contributed by atoms with Crippen LogP contribution in [0.3, 0.4) is 0 Å². The van der Waals surface area contributed by atoms with Crippen LogP contribution in [0.4, 0.5) is 0 Å². The molecule has 0 aromatic heterocycles. The minimum Gasteiger partial charge on any atom is -0.393 e. The molecule has 1 unspecified atom stereocenters. The number of aliphatic hydroxyl groups excluding tert-OH is 1. The van der Waals surface area contributed by atoms with Gasteiger partial charge < -0.3 is 10.4 Å². The number of halogens is 2. The van der Waals surface area contributed by atoms with E-state index in [2.05, 4.69) is 21.2 Å². The lowest BCUT2D eigenvalue weighted by molar-refractivity contribution is 0.183. The molecule has 84 valence electrons. The van der Waals surface area contributed by atoms with Gasteiger partial charge in [0.2, 0.25) is 0 Å². The molecular weight excluding hydrogens is 277 g/mol. The van der Waals surface area contributed by atoms with Crippen molar-refractivity contribution in [3.05, 3.63) is 33.3 Å². The molecule has 0 aliphatic carbocycles. The van der Waals surface area contributed by atoms with Gasteiger partial charge in [0.05, 0.1) is 6.10 Å². The maximum Gasteiger partial charge on any atom is 0.0524 e. The molecule has 0 aliphatic rings. The predicted molar refractivity (Wildman–Crippen MR) is 67.2 cm³/mol. The Morgan fingerprint density at radius 1 is 1.53 bits per heavy atom. The monoisotopic (exact) mass is 291 g/mol. The lowest BCUT2D eigenvalue weighted by atomic mass is 10.2. The first-order valence-corrected chi connectivity index (χ1v) is 6.09. The van der Waals surface area contributed by atoms with Gasteiger partial charge in [0, 0.05) is 16.0 Å². The third-order valence-corrected chi connectivity index (χ3v) is 3.04. The van der Waals surface area contributed by atoms with Gasteiger partial charge in [-0.2, -0.15) is 0 Å². The Hall–Kier alpha value is -0.0900. The Morgan fingerprint density at radius 2 is 2.27 bits per heavy atom. The summed E-state index contributed by atoms with van der Waals surface area (Å²) in [7, 11) is 0. The van der Waals surface area contributed by atoms with Gasteiger partial charge in [0.25, 0.3) is 0 Å². The van der Waals surface area contributed by atoms with Crippen molar-refractivity contribution in [1.29, 1.82) is 0 Å². The molecule has 0 bridgehead atoms. The summed E-state index contributed by atoms with van der Waals surface area (Å²) in [5, 5.41) is 13.1. The zero-order valence-corrected chi connectivity index (χ0v) is 11.0. The Labute approximate surface area is 104 Å². The zero-order valence-electron chi connectivity index (χ0n) is 8.63. The SMILES string of the molecule is CC(O)CCNCc1ccc(Cl)cc1Br. The topological polar surface area (TPSA) is 32.3 Å². The quantitative estimate of drug-likeness (QED) is 0.818. The standard InChI is InChI=1S/C11H15BrClNO/c1-8(15)4-5-14-7-9-2-3-10(13)6-11(9)12/h2-3,6,8,14-15H,4-5,7H2,1H3. The van der Waals surface area contributed by atoms with Crippen LogP contribution in [0.5, 0.6) is 0 Å². The van der Waals surface area contributed by atoms with Crippen LogP contribution in [-0.4, -0.2) is 17.8 Å². The van der Waals surface area contributed by atoms with Crippen LogP contribution in [0.2, 0.25) is 5.02 Å². The molecule has 0 aliphatic heterocycles. The second-order valence-electron chi connectivity index (χ2n) is 3.55. The Balaban J connectivity index is 2.37. The van der Waals surface area contributed by atoms with Crippen molar-refractivity contribution >= 4 is 27.5 Å². The molecule has 1 rings (SSSR count). The minimum atomic E-state index is -0.244. The lowest BCUT2D eigenvalue weighted by Crippen LogP contribution is -2.18. The maximum atomic E-state index is 9.07. The van der Waals surface area contributed by atoms with E-state index in [1.807, 2.05) is 18.2 Å². The molecule has 0 amide bonds. The first-order chi connectivity index (χ1) is 7.09. The van der Waals surface area contributed by atoms with E-state index in [1.54, 1.807) is 6.92 Å². The fourth-order valence-electron chi connectivity index (χ4n) is 1.20. The van der Waals surface area contributed by atoms with Crippen molar-refractivity contribution in [3.63, 3.8) is 0 Å². The normalized spacial score (nSPS) is 12.8. The van der Waals surface area contributed by atoms with Crippen LogP contribution < -0.4 is 5.32 Å². The second kappa shape index (κ2) is 6.48. The van der Waals surface area contributed by atoms with Gasteiger partial charge in [0.15, 0.2) is 0 Å². The summed E-state index contributed by atoms with van der Waals surface area (Å²) < 4.78 is 1.01. The summed E-state index contributed by atoms with van der Waals surface area (Å²) in [6.45, 7) is 3.39. The van der Waals surface area contributed by atoms with Crippen molar-refractivity contribution in [3.8, 4) is 0 Å². The third-order valence-electron chi connectivity index (χ3n) is 2.07. The number of hydrogen-bond acceptors (Lipinski definition) is 2. The van der Waals surface area contributed by atoms with E-state index in [1.165, 1.54) is 5.56 Å². The molecule has 1 atom stereocenters. The second-order valence-corrected chi connectivity index (χ2v) is 4.84. The Kier molecular flexibility index (Phi) is 5.61. The molecule has 2 nitrogen and oxygen atoms in total. The van der Waals surface area contributed by atoms with E-state index < -0.39 is 0 Å². The van der Waals surface area contributed by atoms with Gasteiger partial charge in [-0.05, 0) is 37.6 Å². The smallest absolute Gasteiger partial charge is 0.0524 e. The first-order valence-electron chi connectivity index (χ1n) is 4.92. The van der Waals surface area contributed by atoms with Crippen LogP contribution in [-0.2, 0) is 6.54 Å². The average molecular weight is 293 g/mol. The van der Waals surface area contributed by atoms with E-state index in [4.69, 9.17) is 16.7 Å². The Morgan fingerprint density at radius 3 is 2.87 bits per heavy atom. The number of hydrogen-bond donors (Lipinski definition) is 2. The molecule has 1 aromatic carbocycles. The summed E-state index contributed by atoms with van der Waals surface area (Å²) in [5.41, 5.74) is 1.17. The average Bonchev–Trinajstić information content (AvgIpc) is 2.14. The van der Waals surface area contributed by atoms with Crippen molar-refractivity contribution < 1.29 is 5.11 Å². The lowest BCUT2D eigenvalue weighted by Gasteiger charge is -2.08. The number of benzene rings is 1. The Bertz CT molecular complexity index is 317. The minimum absolute atomic E-state index is 0.244. The molecule has 4 heteroatoms. The van der Waals surface area contributed by atoms with Gasteiger partial charge in [-0.15, -0.1) is 0 Å². The molecule has 0 fully saturated rings. The molecule has 0 saturated heterocycles. The summed E-state index contributed by atoms with van der Waals surface area (Å²) in [5.74, 6) is 0. The molecule has 2 N–H and O–H groups in total. The molecule has 0 spiro atoms. The highest BCUT2D eigenvalue weighted by molar-refractivity contribution is 9.10. The van der Waals surface area contributed by atoms with E-state index in [0.717, 1.165) is 29.0 Å². The largest absolute Gasteiger partial charge is 0.393 e. The highest BCUT2D eigenvalue weighted by atomic mass is 79.9. The van der Waals surface area contributed by atoms with Gasteiger partial charge in [-0.1, -0.05) is 33.6 Å². The third kappa shape index (κ3) is 4.98. The number of rotatable bonds is 5. The van der Waals surface area contributed by atoms with Gasteiger partial charge in [-0.3, -0.25) is 0 Å². The molecule has 0 heterocycles. The van der Waals surface area contributed by atoms with Crippen LogP contribution in [0.1, 0.15) is 18.9 Å². The van der Waals surface area contributed by atoms with Crippen molar-refractivity contribution in [1.82, 2.24) is 5.32 Å². The molecular formula is C11H15BrClNO. The van der Waals surface area contributed by atoms with Crippen LogP contribution >= 0.6 is 27.5 Å². The van der Waals surface area contributed by atoms with Crippen LogP contribution in [0.15, 0.2) is 22.7 Å². The summed E-state index contributed by atoms with van der Waals surface area (Å²) in [6, 6.07) is 5.74. The van der Waals surface area contributed by atoms with Crippen LogP contribution in [0, 0.1) is 0 Å². The van der Waals surface area contributed by atoms with E-state index in [9.17, 15) is 0 Å². The molecule has 0 radical (unpaired) electrons. The zero-order chi connectivity index (χ0) is 11.3. The van der Waals surface area contributed by atoms with Crippen molar-refractivity contribution in [2.45, 2.75) is 26.0 Å². The first kappa shape index (κ1) is 13.0. The van der Waals surface area contributed by atoms with Crippen molar-refractivity contribution in [2.24, 2.45) is 0 Å². The molecule has 15 heavy (non-hydrogen) atoms. The van der Waals surface area contributed by atoms with Crippen LogP contribution in [0.25, 0.3) is 0 Å². The number of aliphatic hydroxyl groups is 1. The van der Waals surface area contributed by atoms with Gasteiger partial charge >= 0.3 is 0 Å². The van der Waals surface area contributed by atoms with Gasteiger partial charge in [-0.25, -0.2) is 0 Å². The fourth-order valence-corrected chi connectivity index (χ4v) is 2.02. The predicted octanol–water partition coefficient (Wildman–Crippen LogP) is 2.96. The van der Waals surface area contributed by atoms with Gasteiger partial charge in [0.1, 0.15) is 0 Å². The highest BCUT2D eigenvalue weighted by Crippen LogP contribution is 2.21. The summed E-state index contributed by atoms with van der Waals surface area (Å²) in [6.07, 6.45) is 0.525.